The van der Waals surface area contributed by atoms with Crippen LogP contribution in [0, 0.1) is 11.8 Å². The minimum Gasteiger partial charge on any atom is -0.465 e. The Morgan fingerprint density at radius 3 is 2.68 bits per heavy atom. The number of aliphatic hydroxyl groups is 1. The van der Waals surface area contributed by atoms with Gasteiger partial charge in [0, 0.05) is 13.1 Å². The quantitative estimate of drug-likeness (QED) is 0.320. The van der Waals surface area contributed by atoms with Crippen molar-refractivity contribution in [3.63, 3.8) is 0 Å². The molecule has 1 unspecified atom stereocenters. The summed E-state index contributed by atoms with van der Waals surface area (Å²) in [6, 6.07) is 8.00. The van der Waals surface area contributed by atoms with Crippen LogP contribution in [0.2, 0.25) is 0 Å². The summed E-state index contributed by atoms with van der Waals surface area (Å²) < 4.78 is 12.2. The first-order chi connectivity index (χ1) is 18.5. The summed E-state index contributed by atoms with van der Waals surface area (Å²) >= 11 is 0. The summed E-state index contributed by atoms with van der Waals surface area (Å²) in [5, 5.41) is 10.5. The molecule has 2 saturated heterocycles. The van der Waals surface area contributed by atoms with Gasteiger partial charge in [0.1, 0.15) is 17.6 Å². The van der Waals surface area contributed by atoms with Gasteiger partial charge in [0.05, 0.1) is 31.3 Å². The second-order valence-electron chi connectivity index (χ2n) is 10.7. The molecule has 1 aromatic carbocycles. The van der Waals surface area contributed by atoms with Crippen LogP contribution in [0.3, 0.4) is 0 Å². The van der Waals surface area contributed by atoms with Gasteiger partial charge in [-0.05, 0) is 31.2 Å². The van der Waals surface area contributed by atoms with Crippen LogP contribution in [-0.4, -0.2) is 82.8 Å². The van der Waals surface area contributed by atoms with Crippen molar-refractivity contribution < 1.29 is 29.0 Å². The molecule has 4 heterocycles. The molecule has 1 aromatic rings. The largest absolute Gasteiger partial charge is 0.465 e. The van der Waals surface area contributed by atoms with Crippen molar-refractivity contribution in [2.75, 3.05) is 26.3 Å². The summed E-state index contributed by atoms with van der Waals surface area (Å²) in [5.41, 5.74) is -0.360. The molecule has 1 spiro atoms. The highest BCUT2D eigenvalue weighted by molar-refractivity contribution is 5.99. The lowest BCUT2D eigenvalue weighted by atomic mass is 9.78. The van der Waals surface area contributed by atoms with Crippen molar-refractivity contribution >= 4 is 17.8 Å². The highest BCUT2D eigenvalue weighted by atomic mass is 16.6. The van der Waals surface area contributed by atoms with Crippen LogP contribution in [-0.2, 0) is 30.3 Å². The second-order valence-corrected chi connectivity index (χ2v) is 10.7. The summed E-state index contributed by atoms with van der Waals surface area (Å²) in [6.07, 6.45) is 11.6. The highest BCUT2D eigenvalue weighted by Crippen LogP contribution is 2.53. The zero-order chi connectivity index (χ0) is 26.7. The summed E-state index contributed by atoms with van der Waals surface area (Å²) in [6.45, 7) is 3.07. The van der Waals surface area contributed by atoms with Gasteiger partial charge in [-0.1, -0.05) is 74.4 Å². The molecule has 4 aliphatic heterocycles. The van der Waals surface area contributed by atoms with Gasteiger partial charge in [0.2, 0.25) is 11.8 Å². The summed E-state index contributed by atoms with van der Waals surface area (Å²) in [5.74, 6) is -2.77. The molecule has 0 bridgehead atoms. The monoisotopic (exact) mass is 522 g/mol. The summed E-state index contributed by atoms with van der Waals surface area (Å²) in [4.78, 5) is 45.3. The average Bonchev–Trinajstić information content (AvgIpc) is 3.34. The van der Waals surface area contributed by atoms with Gasteiger partial charge in [-0.15, -0.1) is 0 Å². The minimum absolute atomic E-state index is 0.197. The maximum Gasteiger partial charge on any atom is 0.312 e. The van der Waals surface area contributed by atoms with Crippen molar-refractivity contribution in [2.45, 2.75) is 69.2 Å². The number of rotatable bonds is 8. The number of fused-ring (bicyclic) bond motifs is 2. The van der Waals surface area contributed by atoms with Gasteiger partial charge in [-0.3, -0.25) is 14.4 Å². The van der Waals surface area contributed by atoms with Crippen LogP contribution in [0.4, 0.5) is 0 Å². The van der Waals surface area contributed by atoms with Crippen molar-refractivity contribution in [3.05, 3.63) is 60.2 Å². The lowest BCUT2D eigenvalue weighted by Crippen LogP contribution is -2.58. The molecular formula is C30H38N2O6. The Labute approximate surface area is 224 Å². The van der Waals surface area contributed by atoms with Gasteiger partial charge in [0.15, 0.2) is 0 Å². The van der Waals surface area contributed by atoms with E-state index in [0.29, 0.717) is 25.9 Å². The number of ether oxygens (including phenoxy) is 2. The van der Waals surface area contributed by atoms with E-state index in [2.05, 4.69) is 6.92 Å². The number of esters is 1. The molecule has 6 atom stereocenters. The van der Waals surface area contributed by atoms with Crippen LogP contribution in [0.5, 0.6) is 0 Å². The Hall–Kier alpha value is -2.97. The predicted molar refractivity (Wildman–Crippen MR) is 141 cm³/mol. The zero-order valence-electron chi connectivity index (χ0n) is 22.0. The number of aliphatic hydroxyl groups excluding tert-OH is 1. The Bertz CT molecular complexity index is 1090. The molecular weight excluding hydrogens is 484 g/mol. The molecule has 0 radical (unpaired) electrons. The number of cyclic esters (lactones) is 1. The number of likely N-dealkylation sites (tertiary alicyclic amines) is 1. The third kappa shape index (κ3) is 4.69. The van der Waals surface area contributed by atoms with Crippen LogP contribution >= 0.6 is 0 Å². The topological polar surface area (TPSA) is 96.4 Å². The number of hydrogen-bond donors (Lipinski definition) is 1. The minimum atomic E-state index is -1.31. The first-order valence-corrected chi connectivity index (χ1v) is 14.0. The summed E-state index contributed by atoms with van der Waals surface area (Å²) in [7, 11) is 0. The molecule has 2 amide bonds. The predicted octanol–water partition coefficient (Wildman–Crippen LogP) is 2.65. The van der Waals surface area contributed by atoms with Gasteiger partial charge >= 0.3 is 5.97 Å². The third-order valence-corrected chi connectivity index (χ3v) is 8.32. The Kier molecular flexibility index (Phi) is 8.00. The molecule has 0 saturated carbocycles. The molecule has 8 nitrogen and oxygen atoms in total. The molecule has 0 aliphatic carbocycles. The van der Waals surface area contributed by atoms with Gasteiger partial charge < -0.3 is 24.4 Å². The number of unbranched alkanes of at least 4 members (excludes halogenated alkanes) is 2. The van der Waals surface area contributed by atoms with Crippen molar-refractivity contribution in [1.29, 1.82) is 0 Å². The normalized spacial score (nSPS) is 32.4. The molecule has 4 aliphatic rings. The number of nitrogens with zero attached hydrogens (tertiary/aromatic N) is 2. The molecule has 5 rings (SSSR count). The van der Waals surface area contributed by atoms with Crippen LogP contribution in [0.15, 0.2) is 54.6 Å². The van der Waals surface area contributed by atoms with E-state index in [-0.39, 0.29) is 25.0 Å². The fourth-order valence-corrected chi connectivity index (χ4v) is 6.52. The van der Waals surface area contributed by atoms with E-state index in [1.165, 1.54) is 4.90 Å². The smallest absolute Gasteiger partial charge is 0.312 e. The number of benzene rings is 1. The van der Waals surface area contributed by atoms with Gasteiger partial charge in [-0.2, -0.15) is 0 Å². The highest BCUT2D eigenvalue weighted by Gasteiger charge is 2.72. The maximum atomic E-state index is 14.3. The second kappa shape index (κ2) is 11.4. The standard InChI is InChI=1S/C30H38N2O6/c1-2-3-9-16-31-17-11-15-30-25(24-23(38-30)14-8-5-10-18-37-29(24)36)27(34)32(26(30)28(31)35)22(20-33)19-21-12-6-4-7-13-21/h4,6-8,11-15,22-26,33H,2-3,5,9-10,16-20H2,1H3/b14-8-/t22-,23+,24-,25+,26?,30+/m1/s1. The van der Waals surface area contributed by atoms with Crippen LogP contribution in [0.25, 0.3) is 0 Å². The Morgan fingerprint density at radius 1 is 1.11 bits per heavy atom. The van der Waals surface area contributed by atoms with Gasteiger partial charge in [0.25, 0.3) is 0 Å². The van der Waals surface area contributed by atoms with Crippen LogP contribution < -0.4 is 0 Å². The SMILES string of the molecule is CCCCCN1CC=C[C@]23O[C@H]4/C=C\CCCOC(=O)[C@H]4[C@H]2C(=O)N([C@@H](CO)Cc2ccccc2)C3C1=O. The first-order valence-electron chi connectivity index (χ1n) is 14.0. The first kappa shape index (κ1) is 26.6. The Morgan fingerprint density at radius 2 is 1.92 bits per heavy atom. The van der Waals surface area contributed by atoms with E-state index < -0.39 is 41.6 Å². The molecule has 0 aromatic heterocycles. The molecule has 38 heavy (non-hydrogen) atoms. The van der Waals surface area contributed by atoms with Crippen LogP contribution in [0.1, 0.15) is 44.6 Å². The molecule has 1 N–H and O–H groups in total. The lowest BCUT2D eigenvalue weighted by molar-refractivity contribution is -0.156. The number of carbonyl (C=O) groups is 3. The van der Waals surface area contributed by atoms with Crippen molar-refractivity contribution in [2.24, 2.45) is 11.8 Å². The maximum absolute atomic E-state index is 14.3. The third-order valence-electron chi connectivity index (χ3n) is 8.32. The zero-order valence-corrected chi connectivity index (χ0v) is 22.0. The molecule has 2 fully saturated rings. The molecule has 204 valence electrons. The van der Waals surface area contributed by atoms with E-state index in [4.69, 9.17) is 9.47 Å². The molecule has 8 heteroatoms. The van der Waals surface area contributed by atoms with Gasteiger partial charge in [-0.25, -0.2) is 0 Å². The number of amides is 2. The van der Waals surface area contributed by atoms with E-state index in [1.54, 1.807) is 4.90 Å². The Balaban J connectivity index is 1.58. The fourth-order valence-electron chi connectivity index (χ4n) is 6.52. The number of carbonyl (C=O) groups excluding carboxylic acids is 3. The van der Waals surface area contributed by atoms with E-state index in [9.17, 15) is 19.5 Å². The fraction of sp³-hybridized carbons (Fsp3) is 0.567. The van der Waals surface area contributed by atoms with Crippen molar-refractivity contribution in [3.8, 4) is 0 Å². The average molecular weight is 523 g/mol. The van der Waals surface area contributed by atoms with Crippen molar-refractivity contribution in [1.82, 2.24) is 9.80 Å². The van der Waals surface area contributed by atoms with E-state index in [1.807, 2.05) is 54.6 Å². The number of hydrogen-bond acceptors (Lipinski definition) is 6. The number of allylic oxidation sites excluding steroid dienone is 1. The van der Waals surface area contributed by atoms with E-state index in [0.717, 1.165) is 31.2 Å². The lowest BCUT2D eigenvalue weighted by Gasteiger charge is -2.38. The van der Waals surface area contributed by atoms with E-state index >= 15 is 0 Å².